The van der Waals surface area contributed by atoms with E-state index in [2.05, 4.69) is 6.92 Å². The van der Waals surface area contributed by atoms with Gasteiger partial charge in [-0.3, -0.25) is 0 Å². The zero-order valence-corrected chi connectivity index (χ0v) is 6.68. The topological polar surface area (TPSA) is 35.2 Å². The van der Waals surface area contributed by atoms with Crippen molar-refractivity contribution >= 4 is 0 Å². The fourth-order valence-electron chi connectivity index (χ4n) is 1.44. The minimum absolute atomic E-state index is 0.361. The summed E-state index contributed by atoms with van der Waals surface area (Å²) in [6, 6.07) is 0.361. The second-order valence-electron chi connectivity index (χ2n) is 3.05. The molecule has 2 nitrogen and oxygen atoms in total. The summed E-state index contributed by atoms with van der Waals surface area (Å²) in [5.74, 6) is 0.624. The minimum atomic E-state index is 0.361. The number of hydrogen-bond donors (Lipinski definition) is 1. The molecule has 2 N–H and O–H groups in total. The van der Waals surface area contributed by atoms with Crippen LogP contribution in [0.3, 0.4) is 0 Å². The molecule has 1 aliphatic heterocycles. The second kappa shape index (κ2) is 3.94. The molecule has 0 aliphatic carbocycles. The highest BCUT2D eigenvalue weighted by Gasteiger charge is 2.18. The van der Waals surface area contributed by atoms with Crippen LogP contribution in [-0.4, -0.2) is 19.3 Å². The third-order valence-electron chi connectivity index (χ3n) is 2.27. The first-order valence-electron chi connectivity index (χ1n) is 4.18. The third-order valence-corrected chi connectivity index (χ3v) is 2.27. The molecule has 1 heterocycles. The molecule has 0 radical (unpaired) electrons. The Morgan fingerprint density at radius 2 is 2.50 bits per heavy atom. The molecular weight excluding hydrogens is 126 g/mol. The molecule has 0 aromatic carbocycles. The summed E-state index contributed by atoms with van der Waals surface area (Å²) in [5, 5.41) is 0. The average Bonchev–Trinajstić information content (AvgIpc) is 2.05. The predicted molar refractivity (Wildman–Crippen MR) is 41.8 cm³/mol. The van der Waals surface area contributed by atoms with Gasteiger partial charge in [0.25, 0.3) is 0 Å². The summed E-state index contributed by atoms with van der Waals surface area (Å²) in [6.45, 7) is 3.96. The van der Waals surface area contributed by atoms with Gasteiger partial charge in [0.2, 0.25) is 0 Å². The number of ether oxygens (including phenoxy) is 1. The Morgan fingerprint density at radius 1 is 1.70 bits per heavy atom. The van der Waals surface area contributed by atoms with Gasteiger partial charge >= 0.3 is 0 Å². The van der Waals surface area contributed by atoms with Crippen LogP contribution in [0.1, 0.15) is 26.2 Å². The molecule has 0 saturated carbocycles. The van der Waals surface area contributed by atoms with Crippen molar-refractivity contribution in [2.24, 2.45) is 11.7 Å². The molecule has 1 fully saturated rings. The quantitative estimate of drug-likeness (QED) is 0.629. The van der Waals surface area contributed by atoms with Gasteiger partial charge in [0.05, 0.1) is 6.61 Å². The van der Waals surface area contributed by atoms with Gasteiger partial charge in [-0.2, -0.15) is 0 Å². The van der Waals surface area contributed by atoms with Gasteiger partial charge < -0.3 is 10.5 Å². The summed E-state index contributed by atoms with van der Waals surface area (Å²) in [7, 11) is 0. The molecule has 10 heavy (non-hydrogen) atoms. The monoisotopic (exact) mass is 143 g/mol. The first kappa shape index (κ1) is 8.02. The zero-order chi connectivity index (χ0) is 7.40. The van der Waals surface area contributed by atoms with E-state index in [1.54, 1.807) is 0 Å². The molecular formula is C8H17NO. The highest BCUT2D eigenvalue weighted by molar-refractivity contribution is 4.73. The van der Waals surface area contributed by atoms with Gasteiger partial charge in [-0.05, 0) is 25.2 Å². The van der Waals surface area contributed by atoms with Crippen molar-refractivity contribution < 1.29 is 4.74 Å². The van der Waals surface area contributed by atoms with Crippen LogP contribution in [0.4, 0.5) is 0 Å². The van der Waals surface area contributed by atoms with Crippen molar-refractivity contribution in [1.29, 1.82) is 0 Å². The smallest absolute Gasteiger partial charge is 0.0509 e. The standard InChI is InChI=1S/C8H17NO/c1-2-8(9)7-4-3-5-10-6-7/h7-8H,2-6,9H2,1H3/t7-,8+/m0/s1. The minimum Gasteiger partial charge on any atom is -0.381 e. The maximum Gasteiger partial charge on any atom is 0.0509 e. The van der Waals surface area contributed by atoms with Crippen LogP contribution >= 0.6 is 0 Å². The number of hydrogen-bond acceptors (Lipinski definition) is 2. The Hall–Kier alpha value is -0.0800. The molecule has 2 heteroatoms. The van der Waals surface area contributed by atoms with Gasteiger partial charge in [0.1, 0.15) is 0 Å². The largest absolute Gasteiger partial charge is 0.381 e. The van der Waals surface area contributed by atoms with Crippen LogP contribution in [0.25, 0.3) is 0 Å². The normalized spacial score (nSPS) is 30.0. The maximum atomic E-state index is 5.87. The molecule has 0 spiro atoms. The Labute approximate surface area is 62.7 Å². The number of nitrogens with two attached hydrogens (primary N) is 1. The van der Waals surface area contributed by atoms with E-state index in [0.29, 0.717) is 12.0 Å². The molecule has 0 bridgehead atoms. The Balaban J connectivity index is 2.24. The lowest BCUT2D eigenvalue weighted by Crippen LogP contribution is -2.35. The summed E-state index contributed by atoms with van der Waals surface area (Å²) in [6.07, 6.45) is 3.53. The summed E-state index contributed by atoms with van der Waals surface area (Å²) in [5.41, 5.74) is 5.87. The maximum absolute atomic E-state index is 5.87. The number of rotatable bonds is 2. The Kier molecular flexibility index (Phi) is 3.16. The summed E-state index contributed by atoms with van der Waals surface area (Å²) in [4.78, 5) is 0. The van der Waals surface area contributed by atoms with Crippen molar-refractivity contribution in [3.8, 4) is 0 Å². The molecule has 60 valence electrons. The molecule has 0 unspecified atom stereocenters. The fourth-order valence-corrected chi connectivity index (χ4v) is 1.44. The lowest BCUT2D eigenvalue weighted by atomic mass is 9.93. The highest BCUT2D eigenvalue weighted by atomic mass is 16.5. The highest BCUT2D eigenvalue weighted by Crippen LogP contribution is 2.17. The van der Waals surface area contributed by atoms with Crippen molar-refractivity contribution in [3.63, 3.8) is 0 Å². The van der Waals surface area contributed by atoms with E-state index < -0.39 is 0 Å². The van der Waals surface area contributed by atoms with E-state index in [1.807, 2.05) is 0 Å². The van der Waals surface area contributed by atoms with Gasteiger partial charge in [-0.15, -0.1) is 0 Å². The van der Waals surface area contributed by atoms with E-state index in [0.717, 1.165) is 19.6 Å². The van der Waals surface area contributed by atoms with E-state index in [-0.39, 0.29) is 0 Å². The predicted octanol–water partition coefficient (Wildman–Crippen LogP) is 1.15. The van der Waals surface area contributed by atoms with Crippen LogP contribution in [0, 0.1) is 5.92 Å². The molecule has 0 aromatic rings. The van der Waals surface area contributed by atoms with Crippen LogP contribution in [-0.2, 0) is 4.74 Å². The van der Waals surface area contributed by atoms with E-state index in [1.165, 1.54) is 12.8 Å². The average molecular weight is 143 g/mol. The Morgan fingerprint density at radius 3 is 3.00 bits per heavy atom. The molecule has 1 saturated heterocycles. The zero-order valence-electron chi connectivity index (χ0n) is 6.68. The lowest BCUT2D eigenvalue weighted by Gasteiger charge is -2.26. The van der Waals surface area contributed by atoms with Crippen molar-refractivity contribution in [2.75, 3.05) is 13.2 Å². The van der Waals surface area contributed by atoms with Crippen molar-refractivity contribution in [3.05, 3.63) is 0 Å². The first-order valence-corrected chi connectivity index (χ1v) is 4.18. The fraction of sp³-hybridized carbons (Fsp3) is 1.00. The molecule has 1 rings (SSSR count). The van der Waals surface area contributed by atoms with Gasteiger partial charge in [-0.25, -0.2) is 0 Å². The van der Waals surface area contributed by atoms with Gasteiger partial charge in [0.15, 0.2) is 0 Å². The lowest BCUT2D eigenvalue weighted by molar-refractivity contribution is 0.0445. The second-order valence-corrected chi connectivity index (χ2v) is 3.05. The van der Waals surface area contributed by atoms with E-state index in [9.17, 15) is 0 Å². The Bertz CT molecular complexity index is 89.3. The van der Waals surface area contributed by atoms with Crippen LogP contribution < -0.4 is 5.73 Å². The van der Waals surface area contributed by atoms with Crippen molar-refractivity contribution in [1.82, 2.24) is 0 Å². The third kappa shape index (κ3) is 1.96. The van der Waals surface area contributed by atoms with E-state index >= 15 is 0 Å². The molecule has 2 atom stereocenters. The summed E-state index contributed by atoms with van der Waals surface area (Å²) < 4.78 is 5.33. The van der Waals surface area contributed by atoms with Crippen LogP contribution in [0.15, 0.2) is 0 Å². The SMILES string of the molecule is CC[C@@H](N)[C@H]1CCCOC1. The van der Waals surface area contributed by atoms with Gasteiger partial charge in [0, 0.05) is 12.6 Å². The van der Waals surface area contributed by atoms with Gasteiger partial charge in [-0.1, -0.05) is 6.92 Å². The van der Waals surface area contributed by atoms with Crippen LogP contribution in [0.2, 0.25) is 0 Å². The first-order chi connectivity index (χ1) is 4.84. The van der Waals surface area contributed by atoms with E-state index in [4.69, 9.17) is 10.5 Å². The molecule has 0 amide bonds. The summed E-state index contributed by atoms with van der Waals surface area (Å²) >= 11 is 0. The molecule has 1 aliphatic rings. The molecule has 0 aromatic heterocycles. The van der Waals surface area contributed by atoms with Crippen LogP contribution in [0.5, 0.6) is 0 Å². The van der Waals surface area contributed by atoms with Crippen molar-refractivity contribution in [2.45, 2.75) is 32.2 Å².